The maximum atomic E-state index is 12.8. The van der Waals surface area contributed by atoms with Gasteiger partial charge in [0, 0.05) is 5.56 Å². The van der Waals surface area contributed by atoms with Gasteiger partial charge in [-0.1, -0.05) is 30.8 Å². The molecular formula is C19H19FO3. The van der Waals surface area contributed by atoms with Gasteiger partial charge in [0.05, 0.1) is 13.5 Å². The average Bonchev–Trinajstić information content (AvgIpc) is 2.54. The highest BCUT2D eigenvalue weighted by Crippen LogP contribution is 2.26. The summed E-state index contributed by atoms with van der Waals surface area (Å²) in [7, 11) is 1.59. The molecule has 2 aromatic rings. The normalized spacial score (nSPS) is 10.2. The Balaban J connectivity index is 1.93. The second kappa shape index (κ2) is 7.58. The molecule has 0 radical (unpaired) electrons. The minimum atomic E-state index is -0.385. The van der Waals surface area contributed by atoms with Crippen molar-refractivity contribution in [2.45, 2.75) is 13.3 Å². The zero-order valence-electron chi connectivity index (χ0n) is 13.3. The lowest BCUT2D eigenvalue weighted by Gasteiger charge is -2.12. The van der Waals surface area contributed by atoms with Gasteiger partial charge in [-0.3, -0.25) is 4.79 Å². The summed E-state index contributed by atoms with van der Waals surface area (Å²) < 4.78 is 23.4. The Morgan fingerprint density at radius 2 is 1.87 bits per heavy atom. The van der Waals surface area contributed by atoms with Crippen LogP contribution in [0.4, 0.5) is 4.39 Å². The highest BCUT2D eigenvalue weighted by Gasteiger charge is 2.10. The van der Waals surface area contributed by atoms with Gasteiger partial charge < -0.3 is 9.47 Å². The number of hydrogen-bond donors (Lipinski definition) is 0. The maximum Gasteiger partial charge on any atom is 0.310 e. The number of carbonyl (C=O) groups excluding carboxylic acids is 1. The molecule has 0 aliphatic rings. The van der Waals surface area contributed by atoms with Crippen LogP contribution >= 0.6 is 0 Å². The summed E-state index contributed by atoms with van der Waals surface area (Å²) in [5, 5.41) is 0. The molecule has 0 aliphatic heterocycles. The van der Waals surface area contributed by atoms with Crippen LogP contribution in [0, 0.1) is 12.7 Å². The molecule has 0 fully saturated rings. The van der Waals surface area contributed by atoms with Gasteiger partial charge in [0.2, 0.25) is 0 Å². The van der Waals surface area contributed by atoms with E-state index in [1.54, 1.807) is 19.2 Å². The minimum Gasteiger partial charge on any atom is -0.496 e. The van der Waals surface area contributed by atoms with Gasteiger partial charge in [-0.25, -0.2) is 4.39 Å². The summed E-state index contributed by atoms with van der Waals surface area (Å²) in [5.41, 5.74) is 3.25. The molecule has 3 nitrogen and oxygen atoms in total. The van der Waals surface area contributed by atoms with Crippen LogP contribution in [0.2, 0.25) is 0 Å². The predicted octanol–water partition coefficient (Wildman–Crippen LogP) is 3.94. The highest BCUT2D eigenvalue weighted by molar-refractivity contribution is 5.76. The number of aryl methyl sites for hydroxylation is 1. The van der Waals surface area contributed by atoms with E-state index in [9.17, 15) is 9.18 Å². The SMILES string of the molecule is C=C(COC(=O)Cc1ccc(F)cc1)c1ccc(C)cc1OC. The first-order valence-electron chi connectivity index (χ1n) is 7.22. The van der Waals surface area contributed by atoms with Crippen LogP contribution in [0.5, 0.6) is 5.75 Å². The van der Waals surface area contributed by atoms with E-state index in [4.69, 9.17) is 9.47 Å². The highest BCUT2D eigenvalue weighted by atomic mass is 19.1. The van der Waals surface area contributed by atoms with Crippen LogP contribution in [0.15, 0.2) is 49.0 Å². The Kier molecular flexibility index (Phi) is 5.52. The van der Waals surface area contributed by atoms with E-state index in [0.717, 1.165) is 11.1 Å². The standard InChI is InChI=1S/C19H19FO3/c1-13-4-9-17(18(10-13)22-3)14(2)12-23-19(21)11-15-5-7-16(20)8-6-15/h4-10H,2,11-12H2,1,3H3. The van der Waals surface area contributed by atoms with E-state index in [-0.39, 0.29) is 24.8 Å². The van der Waals surface area contributed by atoms with Gasteiger partial charge in [-0.05, 0) is 41.8 Å². The zero-order valence-corrected chi connectivity index (χ0v) is 13.3. The lowest BCUT2D eigenvalue weighted by Crippen LogP contribution is -2.10. The maximum absolute atomic E-state index is 12.8. The van der Waals surface area contributed by atoms with E-state index >= 15 is 0 Å². The number of carbonyl (C=O) groups is 1. The number of rotatable bonds is 6. The van der Waals surface area contributed by atoms with Crippen LogP contribution < -0.4 is 4.74 Å². The smallest absolute Gasteiger partial charge is 0.310 e. The third-order valence-electron chi connectivity index (χ3n) is 3.41. The fraction of sp³-hybridized carbons (Fsp3) is 0.211. The van der Waals surface area contributed by atoms with Crippen LogP contribution in [0.1, 0.15) is 16.7 Å². The lowest BCUT2D eigenvalue weighted by molar-refractivity contribution is -0.141. The van der Waals surface area contributed by atoms with Gasteiger partial charge in [-0.15, -0.1) is 0 Å². The van der Waals surface area contributed by atoms with Crippen LogP contribution in [-0.4, -0.2) is 19.7 Å². The molecule has 0 heterocycles. The van der Waals surface area contributed by atoms with E-state index in [0.29, 0.717) is 16.9 Å². The quantitative estimate of drug-likeness (QED) is 0.758. The Labute approximate surface area is 135 Å². The fourth-order valence-electron chi connectivity index (χ4n) is 2.16. The average molecular weight is 314 g/mol. The number of methoxy groups -OCH3 is 1. The first kappa shape index (κ1) is 16.7. The van der Waals surface area contributed by atoms with Gasteiger partial charge in [0.1, 0.15) is 18.2 Å². The first-order valence-corrected chi connectivity index (χ1v) is 7.22. The van der Waals surface area contributed by atoms with Crippen LogP contribution in [-0.2, 0) is 16.0 Å². The van der Waals surface area contributed by atoms with Crippen LogP contribution in [0.3, 0.4) is 0 Å². The second-order valence-electron chi connectivity index (χ2n) is 5.27. The van der Waals surface area contributed by atoms with Gasteiger partial charge in [0.15, 0.2) is 0 Å². The van der Waals surface area contributed by atoms with Crippen LogP contribution in [0.25, 0.3) is 5.57 Å². The summed E-state index contributed by atoms with van der Waals surface area (Å²) in [5.74, 6) is -0.0182. The van der Waals surface area contributed by atoms with Gasteiger partial charge in [-0.2, -0.15) is 0 Å². The largest absolute Gasteiger partial charge is 0.496 e. The molecule has 120 valence electrons. The third-order valence-corrected chi connectivity index (χ3v) is 3.41. The van der Waals surface area contributed by atoms with Crippen molar-refractivity contribution in [1.82, 2.24) is 0 Å². The fourth-order valence-corrected chi connectivity index (χ4v) is 2.16. The van der Waals surface area contributed by atoms with Crippen molar-refractivity contribution in [3.63, 3.8) is 0 Å². The predicted molar refractivity (Wildman–Crippen MR) is 87.8 cm³/mol. The topological polar surface area (TPSA) is 35.5 Å². The van der Waals surface area contributed by atoms with E-state index < -0.39 is 0 Å². The van der Waals surface area contributed by atoms with Gasteiger partial charge in [0.25, 0.3) is 0 Å². The summed E-state index contributed by atoms with van der Waals surface area (Å²) in [6.07, 6.45) is 0.0958. The summed E-state index contributed by atoms with van der Waals surface area (Å²) >= 11 is 0. The first-order chi connectivity index (χ1) is 11.0. The van der Waals surface area contributed by atoms with Crippen molar-refractivity contribution in [3.05, 3.63) is 71.6 Å². The Morgan fingerprint density at radius 1 is 1.17 bits per heavy atom. The zero-order chi connectivity index (χ0) is 16.8. The molecular weight excluding hydrogens is 295 g/mol. The molecule has 2 aromatic carbocycles. The second-order valence-corrected chi connectivity index (χ2v) is 5.27. The van der Waals surface area contributed by atoms with Crippen molar-refractivity contribution >= 4 is 11.5 Å². The molecule has 2 rings (SSSR count). The van der Waals surface area contributed by atoms with Crippen molar-refractivity contribution in [3.8, 4) is 5.75 Å². The van der Waals surface area contributed by atoms with E-state index in [2.05, 4.69) is 6.58 Å². The summed E-state index contributed by atoms with van der Waals surface area (Å²) in [4.78, 5) is 11.9. The van der Waals surface area contributed by atoms with Gasteiger partial charge >= 0.3 is 5.97 Å². The monoisotopic (exact) mass is 314 g/mol. The number of ether oxygens (including phenoxy) is 2. The van der Waals surface area contributed by atoms with E-state index in [1.165, 1.54) is 12.1 Å². The van der Waals surface area contributed by atoms with E-state index in [1.807, 2.05) is 25.1 Å². The molecule has 0 spiro atoms. The van der Waals surface area contributed by atoms with Crippen molar-refractivity contribution < 1.29 is 18.7 Å². The molecule has 0 N–H and O–H groups in total. The lowest BCUT2D eigenvalue weighted by atomic mass is 10.0. The Morgan fingerprint density at radius 3 is 2.52 bits per heavy atom. The summed E-state index contributed by atoms with van der Waals surface area (Å²) in [6, 6.07) is 11.5. The molecule has 0 unspecified atom stereocenters. The summed E-state index contributed by atoms with van der Waals surface area (Å²) in [6.45, 7) is 6.00. The minimum absolute atomic E-state index is 0.0828. The number of benzene rings is 2. The molecule has 0 atom stereocenters. The molecule has 0 saturated heterocycles. The van der Waals surface area contributed by atoms with Crippen molar-refractivity contribution in [2.24, 2.45) is 0 Å². The molecule has 23 heavy (non-hydrogen) atoms. The van der Waals surface area contributed by atoms with Crippen molar-refractivity contribution in [1.29, 1.82) is 0 Å². The molecule has 0 aromatic heterocycles. The number of hydrogen-bond acceptors (Lipinski definition) is 3. The molecule has 0 bridgehead atoms. The third kappa shape index (κ3) is 4.68. The molecule has 0 amide bonds. The molecule has 0 aliphatic carbocycles. The number of halogens is 1. The molecule has 4 heteroatoms. The Bertz CT molecular complexity index is 705. The number of esters is 1. The Hall–Kier alpha value is -2.62. The molecule has 0 saturated carbocycles. The van der Waals surface area contributed by atoms with Crippen molar-refractivity contribution in [2.75, 3.05) is 13.7 Å².